The number of fused-ring (bicyclic) bond motifs is 1. The number of benzene rings is 2. The van der Waals surface area contributed by atoms with Crippen LogP contribution in [0.15, 0.2) is 48.5 Å². The first-order chi connectivity index (χ1) is 11.1. The van der Waals surface area contributed by atoms with Gasteiger partial charge in [0.05, 0.1) is 0 Å². The number of hydrogen-bond donors (Lipinski definition) is 0. The van der Waals surface area contributed by atoms with Gasteiger partial charge in [0.1, 0.15) is 5.60 Å². The monoisotopic (exact) mass is 345 g/mol. The molecule has 1 atom stereocenters. The van der Waals surface area contributed by atoms with Gasteiger partial charge in [0, 0.05) is 16.1 Å². The molecular formula is C18H18BCl2NO. The first-order valence-corrected chi connectivity index (χ1v) is 8.82. The largest absolute Gasteiger partial charge is 0.406 e. The first kappa shape index (κ1) is 15.5. The van der Waals surface area contributed by atoms with Crippen molar-refractivity contribution >= 4 is 30.3 Å². The molecule has 2 aliphatic rings. The van der Waals surface area contributed by atoms with Crippen molar-refractivity contribution in [2.75, 3.05) is 6.54 Å². The molecule has 2 fully saturated rings. The zero-order valence-electron chi connectivity index (χ0n) is 13.0. The lowest BCUT2D eigenvalue weighted by molar-refractivity contribution is 0.106. The molecule has 23 heavy (non-hydrogen) atoms. The first-order valence-electron chi connectivity index (χ1n) is 8.07. The fraction of sp³-hybridized carbons (Fsp3) is 0.333. The van der Waals surface area contributed by atoms with Crippen LogP contribution in [-0.2, 0) is 10.3 Å². The molecule has 0 amide bonds. The third-order valence-electron chi connectivity index (χ3n) is 5.13. The SMILES string of the molecule is CB1OC(c2ccc(Cl)cc2)(c2ccc(Cl)cc2)C2CCCN12. The van der Waals surface area contributed by atoms with Gasteiger partial charge in [-0.2, -0.15) is 0 Å². The summed E-state index contributed by atoms with van der Waals surface area (Å²) in [7, 11) is 0.105. The molecule has 2 aliphatic heterocycles. The van der Waals surface area contributed by atoms with E-state index in [0.717, 1.165) is 34.1 Å². The van der Waals surface area contributed by atoms with Crippen molar-refractivity contribution in [2.24, 2.45) is 0 Å². The summed E-state index contributed by atoms with van der Waals surface area (Å²) >= 11 is 12.2. The second-order valence-electron chi connectivity index (χ2n) is 6.36. The minimum atomic E-state index is -0.453. The Labute approximate surface area is 147 Å². The van der Waals surface area contributed by atoms with E-state index in [0.29, 0.717) is 6.04 Å². The van der Waals surface area contributed by atoms with Crippen molar-refractivity contribution in [3.05, 3.63) is 69.7 Å². The third kappa shape index (κ3) is 2.42. The Morgan fingerprint density at radius 2 is 1.52 bits per heavy atom. The topological polar surface area (TPSA) is 12.5 Å². The molecule has 0 bridgehead atoms. The molecule has 2 nitrogen and oxygen atoms in total. The molecule has 0 saturated carbocycles. The smallest absolute Gasteiger partial charge is 0.380 e. The lowest BCUT2D eigenvalue weighted by atomic mass is 9.79. The molecule has 1 unspecified atom stereocenters. The van der Waals surface area contributed by atoms with Crippen LogP contribution in [0, 0.1) is 0 Å². The zero-order valence-corrected chi connectivity index (χ0v) is 14.5. The maximum Gasteiger partial charge on any atom is 0.380 e. The molecule has 4 rings (SSSR count). The molecule has 2 heterocycles. The summed E-state index contributed by atoms with van der Waals surface area (Å²) in [4.78, 5) is 2.48. The summed E-state index contributed by atoms with van der Waals surface area (Å²) in [6.45, 7) is 3.24. The van der Waals surface area contributed by atoms with Crippen molar-refractivity contribution in [2.45, 2.75) is 31.3 Å². The Kier molecular flexibility index (Phi) is 3.93. The second kappa shape index (κ2) is 5.82. The molecule has 0 aromatic heterocycles. The van der Waals surface area contributed by atoms with Crippen molar-refractivity contribution in [1.82, 2.24) is 4.81 Å². The van der Waals surface area contributed by atoms with Crippen LogP contribution in [0.4, 0.5) is 0 Å². The molecule has 5 heteroatoms. The van der Waals surface area contributed by atoms with E-state index in [2.05, 4.69) is 35.9 Å². The van der Waals surface area contributed by atoms with Crippen LogP contribution in [0.5, 0.6) is 0 Å². The van der Waals surface area contributed by atoms with Gasteiger partial charge in [-0.25, -0.2) is 0 Å². The van der Waals surface area contributed by atoms with E-state index in [4.69, 9.17) is 27.9 Å². The molecule has 2 aromatic carbocycles. The second-order valence-corrected chi connectivity index (χ2v) is 7.24. The minimum absolute atomic E-state index is 0.105. The van der Waals surface area contributed by atoms with E-state index < -0.39 is 5.60 Å². The van der Waals surface area contributed by atoms with Crippen molar-refractivity contribution in [3.8, 4) is 0 Å². The lowest BCUT2D eigenvalue weighted by Crippen LogP contribution is -2.41. The third-order valence-corrected chi connectivity index (χ3v) is 5.64. The van der Waals surface area contributed by atoms with Gasteiger partial charge in [-0.15, -0.1) is 0 Å². The van der Waals surface area contributed by atoms with E-state index in [1.165, 1.54) is 6.42 Å². The van der Waals surface area contributed by atoms with Crippen LogP contribution >= 0.6 is 23.2 Å². The molecule has 0 N–H and O–H groups in total. The number of nitrogens with zero attached hydrogens (tertiary/aromatic N) is 1. The number of halogens is 2. The Bertz CT molecular complexity index is 658. The van der Waals surface area contributed by atoms with Gasteiger partial charge in [-0.3, -0.25) is 0 Å². The molecule has 0 spiro atoms. The van der Waals surface area contributed by atoms with Gasteiger partial charge >= 0.3 is 7.05 Å². The summed E-state index contributed by atoms with van der Waals surface area (Å²) in [5.41, 5.74) is 1.86. The standard InChI is InChI=1S/C18H18BCl2NO/c1-19-22-12-2-3-17(22)18(23-19,13-4-8-15(20)9-5-13)14-6-10-16(21)11-7-14/h4-11,17H,2-3,12H2,1H3. The van der Waals surface area contributed by atoms with Crippen LogP contribution in [0.1, 0.15) is 24.0 Å². The number of hydrogen-bond acceptors (Lipinski definition) is 2. The lowest BCUT2D eigenvalue weighted by Gasteiger charge is -2.36. The van der Waals surface area contributed by atoms with Crippen LogP contribution in [-0.4, -0.2) is 24.4 Å². The maximum absolute atomic E-state index is 6.61. The van der Waals surface area contributed by atoms with Crippen LogP contribution in [0.25, 0.3) is 0 Å². The average Bonchev–Trinajstić information content (AvgIpc) is 3.13. The highest BCUT2D eigenvalue weighted by atomic mass is 35.5. The Morgan fingerprint density at radius 1 is 1.00 bits per heavy atom. The van der Waals surface area contributed by atoms with Crippen LogP contribution in [0.2, 0.25) is 16.9 Å². The highest BCUT2D eigenvalue weighted by molar-refractivity contribution is 6.48. The van der Waals surface area contributed by atoms with E-state index in [1.54, 1.807) is 0 Å². The van der Waals surface area contributed by atoms with Gasteiger partial charge in [0.25, 0.3) is 0 Å². The predicted octanol–water partition coefficient (Wildman–Crippen LogP) is 4.85. The fourth-order valence-corrected chi connectivity index (χ4v) is 4.41. The molecule has 2 saturated heterocycles. The van der Waals surface area contributed by atoms with Crippen LogP contribution in [0.3, 0.4) is 0 Å². The van der Waals surface area contributed by atoms with Crippen molar-refractivity contribution < 1.29 is 4.65 Å². The quantitative estimate of drug-likeness (QED) is 0.721. The summed E-state index contributed by atoms with van der Waals surface area (Å²) in [5.74, 6) is 0. The van der Waals surface area contributed by atoms with E-state index >= 15 is 0 Å². The van der Waals surface area contributed by atoms with E-state index in [1.807, 2.05) is 24.3 Å². The Hall–Kier alpha value is -0.995. The maximum atomic E-state index is 6.61. The van der Waals surface area contributed by atoms with Crippen molar-refractivity contribution in [1.29, 1.82) is 0 Å². The Morgan fingerprint density at radius 3 is 2.04 bits per heavy atom. The average molecular weight is 346 g/mol. The number of rotatable bonds is 2. The molecular weight excluding hydrogens is 328 g/mol. The van der Waals surface area contributed by atoms with Gasteiger partial charge < -0.3 is 9.47 Å². The summed E-state index contributed by atoms with van der Waals surface area (Å²) < 4.78 is 6.61. The highest BCUT2D eigenvalue weighted by Crippen LogP contribution is 2.49. The van der Waals surface area contributed by atoms with Gasteiger partial charge in [0.15, 0.2) is 0 Å². The molecule has 0 radical (unpaired) electrons. The summed E-state index contributed by atoms with van der Waals surface area (Å²) in [6, 6.07) is 16.5. The van der Waals surface area contributed by atoms with Gasteiger partial charge in [0.2, 0.25) is 0 Å². The van der Waals surface area contributed by atoms with Crippen LogP contribution < -0.4 is 0 Å². The molecule has 118 valence electrons. The Balaban J connectivity index is 1.90. The predicted molar refractivity (Wildman–Crippen MR) is 96.1 cm³/mol. The highest BCUT2D eigenvalue weighted by Gasteiger charge is 2.56. The van der Waals surface area contributed by atoms with Crippen molar-refractivity contribution in [3.63, 3.8) is 0 Å². The van der Waals surface area contributed by atoms with E-state index in [-0.39, 0.29) is 7.05 Å². The molecule has 0 aliphatic carbocycles. The zero-order chi connectivity index (χ0) is 16.0. The minimum Gasteiger partial charge on any atom is -0.406 e. The normalized spacial score (nSPS) is 23.3. The summed E-state index contributed by atoms with van der Waals surface area (Å²) in [6.07, 6.45) is 2.34. The van der Waals surface area contributed by atoms with E-state index in [9.17, 15) is 0 Å². The summed E-state index contributed by atoms with van der Waals surface area (Å²) in [5, 5.41) is 1.49. The fourth-order valence-electron chi connectivity index (χ4n) is 4.16. The van der Waals surface area contributed by atoms with Gasteiger partial charge in [-0.1, -0.05) is 47.5 Å². The van der Waals surface area contributed by atoms with Gasteiger partial charge in [-0.05, 0) is 61.6 Å². The molecule has 2 aromatic rings.